The van der Waals surface area contributed by atoms with Gasteiger partial charge >= 0.3 is 6.03 Å². The molecule has 1 atom stereocenters. The summed E-state index contributed by atoms with van der Waals surface area (Å²) < 4.78 is 26.5. The monoisotopic (exact) mass is 340 g/mol. The van der Waals surface area contributed by atoms with Crippen LogP contribution >= 0.6 is 11.6 Å². The van der Waals surface area contributed by atoms with E-state index < -0.39 is 23.3 Å². The van der Waals surface area contributed by atoms with E-state index in [1.54, 1.807) is 30.3 Å². The Morgan fingerprint density at radius 3 is 2.52 bits per heavy atom. The molecule has 2 amide bonds. The van der Waals surface area contributed by atoms with Crippen LogP contribution in [0.5, 0.6) is 0 Å². The lowest BCUT2D eigenvalue weighted by atomic mass is 9.96. The molecule has 0 saturated carbocycles. The second-order valence-electron chi connectivity index (χ2n) is 5.19. The lowest BCUT2D eigenvalue weighted by molar-refractivity contribution is 0.0599. The van der Waals surface area contributed by atoms with E-state index in [2.05, 4.69) is 10.6 Å². The van der Waals surface area contributed by atoms with Crippen LogP contribution < -0.4 is 10.6 Å². The molecule has 4 nitrogen and oxygen atoms in total. The largest absolute Gasteiger partial charge is 0.384 e. The van der Waals surface area contributed by atoms with Crippen LogP contribution in [0.15, 0.2) is 42.5 Å². The molecule has 0 heterocycles. The van der Waals surface area contributed by atoms with Crippen LogP contribution in [0.3, 0.4) is 0 Å². The number of carbonyl (C=O) groups excluding carboxylic acids is 1. The molecular formula is C16H15ClF2N2O2. The molecule has 0 fully saturated rings. The molecule has 2 aromatic carbocycles. The van der Waals surface area contributed by atoms with Crippen molar-refractivity contribution in [3.63, 3.8) is 0 Å². The Morgan fingerprint density at radius 2 is 1.91 bits per heavy atom. The predicted octanol–water partition coefficient (Wildman–Crippen LogP) is 3.65. The minimum atomic E-state index is -1.30. The second kappa shape index (κ2) is 6.93. The molecule has 122 valence electrons. The van der Waals surface area contributed by atoms with Crippen molar-refractivity contribution < 1.29 is 18.7 Å². The van der Waals surface area contributed by atoms with Crippen LogP contribution in [-0.2, 0) is 5.60 Å². The van der Waals surface area contributed by atoms with Crippen LogP contribution in [0, 0.1) is 11.6 Å². The van der Waals surface area contributed by atoms with E-state index in [-0.39, 0.29) is 17.3 Å². The Kier molecular flexibility index (Phi) is 5.18. The van der Waals surface area contributed by atoms with Gasteiger partial charge in [-0.3, -0.25) is 0 Å². The van der Waals surface area contributed by atoms with Gasteiger partial charge in [-0.15, -0.1) is 0 Å². The lowest BCUT2D eigenvalue weighted by Gasteiger charge is -2.24. The van der Waals surface area contributed by atoms with E-state index in [0.717, 1.165) is 6.07 Å². The molecule has 0 aromatic heterocycles. The zero-order valence-corrected chi connectivity index (χ0v) is 13.0. The third-order valence-electron chi connectivity index (χ3n) is 3.23. The predicted molar refractivity (Wildman–Crippen MR) is 84.4 cm³/mol. The van der Waals surface area contributed by atoms with Gasteiger partial charge in [-0.2, -0.15) is 0 Å². The molecule has 3 N–H and O–H groups in total. The molecule has 2 rings (SSSR count). The highest BCUT2D eigenvalue weighted by molar-refractivity contribution is 6.33. The van der Waals surface area contributed by atoms with Gasteiger partial charge in [0.15, 0.2) is 5.82 Å². The van der Waals surface area contributed by atoms with Gasteiger partial charge in [0.05, 0.1) is 17.3 Å². The topological polar surface area (TPSA) is 61.4 Å². The second-order valence-corrected chi connectivity index (χ2v) is 5.60. The number of hydrogen-bond donors (Lipinski definition) is 3. The van der Waals surface area contributed by atoms with Gasteiger partial charge in [0.25, 0.3) is 0 Å². The number of halogens is 3. The van der Waals surface area contributed by atoms with Gasteiger partial charge in [-0.1, -0.05) is 41.9 Å². The normalized spacial score (nSPS) is 13.3. The van der Waals surface area contributed by atoms with Crippen LogP contribution in [-0.4, -0.2) is 17.7 Å². The first-order valence-electron chi connectivity index (χ1n) is 6.77. The van der Waals surface area contributed by atoms with Crippen molar-refractivity contribution in [1.82, 2.24) is 5.32 Å². The van der Waals surface area contributed by atoms with E-state index in [4.69, 9.17) is 11.6 Å². The Labute approximate surface area is 137 Å². The Balaban J connectivity index is 2.01. The summed E-state index contributed by atoms with van der Waals surface area (Å²) in [5.74, 6) is -1.83. The summed E-state index contributed by atoms with van der Waals surface area (Å²) in [4.78, 5) is 11.8. The SMILES string of the molecule is CC(O)(CNC(=O)Nc1c(F)cc(F)cc1Cl)c1ccccc1. The standard InChI is InChI=1S/C16H15ClF2N2O2/c1-16(23,10-5-3-2-4-6-10)9-20-15(22)21-14-12(17)7-11(18)8-13(14)19/h2-8,23H,9H2,1H3,(H2,20,21,22). The summed E-state index contributed by atoms with van der Waals surface area (Å²) in [6.07, 6.45) is 0. The molecular weight excluding hydrogens is 326 g/mol. The minimum Gasteiger partial charge on any atom is -0.384 e. The van der Waals surface area contributed by atoms with Crippen LogP contribution in [0.2, 0.25) is 5.02 Å². The third-order valence-corrected chi connectivity index (χ3v) is 3.53. The van der Waals surface area contributed by atoms with E-state index in [1.165, 1.54) is 6.92 Å². The van der Waals surface area contributed by atoms with Crippen LogP contribution in [0.1, 0.15) is 12.5 Å². The minimum absolute atomic E-state index is 0.108. The summed E-state index contributed by atoms with van der Waals surface area (Å²) in [5.41, 5.74) is -1.01. The molecule has 0 aliphatic heterocycles. The number of hydrogen-bond acceptors (Lipinski definition) is 2. The molecule has 0 spiro atoms. The fourth-order valence-corrected chi connectivity index (χ4v) is 2.21. The number of carbonyl (C=O) groups is 1. The number of rotatable bonds is 4. The molecule has 2 aromatic rings. The number of aliphatic hydroxyl groups is 1. The number of benzene rings is 2. The molecule has 0 bridgehead atoms. The Hall–Kier alpha value is -2.18. The lowest BCUT2D eigenvalue weighted by Crippen LogP contribution is -2.40. The van der Waals surface area contributed by atoms with Crippen molar-refractivity contribution in [1.29, 1.82) is 0 Å². The number of urea groups is 1. The maximum absolute atomic E-state index is 13.6. The first-order chi connectivity index (χ1) is 10.8. The average molecular weight is 341 g/mol. The van der Waals surface area contributed by atoms with E-state index in [9.17, 15) is 18.7 Å². The highest BCUT2D eigenvalue weighted by atomic mass is 35.5. The molecule has 23 heavy (non-hydrogen) atoms. The third kappa shape index (κ3) is 4.40. The maximum atomic E-state index is 13.6. The molecule has 0 radical (unpaired) electrons. The van der Waals surface area contributed by atoms with Gasteiger partial charge in [-0.05, 0) is 18.6 Å². The summed E-state index contributed by atoms with van der Waals surface area (Å²) in [6.45, 7) is 1.43. The highest BCUT2D eigenvalue weighted by Gasteiger charge is 2.24. The highest BCUT2D eigenvalue weighted by Crippen LogP contribution is 2.26. The Bertz CT molecular complexity index is 685. The van der Waals surface area contributed by atoms with Crippen molar-refractivity contribution in [2.45, 2.75) is 12.5 Å². The van der Waals surface area contributed by atoms with E-state index >= 15 is 0 Å². The Morgan fingerprint density at radius 1 is 1.26 bits per heavy atom. The van der Waals surface area contributed by atoms with Gasteiger partial charge in [0.2, 0.25) is 0 Å². The fraction of sp³-hybridized carbons (Fsp3) is 0.188. The first-order valence-corrected chi connectivity index (χ1v) is 7.15. The zero-order chi connectivity index (χ0) is 17.0. The van der Waals surface area contributed by atoms with Crippen molar-refractivity contribution in [2.75, 3.05) is 11.9 Å². The summed E-state index contributed by atoms with van der Waals surface area (Å²) in [5, 5.41) is 14.7. The van der Waals surface area contributed by atoms with Gasteiger partial charge < -0.3 is 15.7 Å². The first kappa shape index (κ1) is 17.2. The van der Waals surface area contributed by atoms with Crippen molar-refractivity contribution in [3.8, 4) is 0 Å². The van der Waals surface area contributed by atoms with Crippen molar-refractivity contribution in [2.24, 2.45) is 0 Å². The van der Waals surface area contributed by atoms with E-state index in [1.807, 2.05) is 0 Å². The van der Waals surface area contributed by atoms with Crippen molar-refractivity contribution in [3.05, 3.63) is 64.7 Å². The summed E-state index contributed by atoms with van der Waals surface area (Å²) in [6, 6.07) is 9.50. The molecule has 1 unspecified atom stereocenters. The van der Waals surface area contributed by atoms with Gasteiger partial charge in [-0.25, -0.2) is 13.6 Å². The average Bonchev–Trinajstić information content (AvgIpc) is 2.50. The number of nitrogens with one attached hydrogen (secondary N) is 2. The number of anilines is 1. The number of amides is 2. The maximum Gasteiger partial charge on any atom is 0.319 e. The quantitative estimate of drug-likeness (QED) is 0.795. The van der Waals surface area contributed by atoms with Crippen LogP contribution in [0.4, 0.5) is 19.3 Å². The molecule has 0 aliphatic carbocycles. The van der Waals surface area contributed by atoms with Gasteiger partial charge in [0, 0.05) is 6.07 Å². The molecule has 7 heteroatoms. The van der Waals surface area contributed by atoms with E-state index in [0.29, 0.717) is 11.6 Å². The molecule has 0 aliphatic rings. The van der Waals surface area contributed by atoms with Crippen LogP contribution in [0.25, 0.3) is 0 Å². The van der Waals surface area contributed by atoms with Crippen molar-refractivity contribution >= 4 is 23.3 Å². The van der Waals surface area contributed by atoms with Gasteiger partial charge in [0.1, 0.15) is 11.4 Å². The molecule has 0 saturated heterocycles. The zero-order valence-electron chi connectivity index (χ0n) is 12.2. The summed E-state index contributed by atoms with van der Waals surface area (Å²) >= 11 is 5.69. The summed E-state index contributed by atoms with van der Waals surface area (Å²) in [7, 11) is 0. The fourth-order valence-electron chi connectivity index (χ4n) is 1.97. The smallest absolute Gasteiger partial charge is 0.319 e.